The molecule has 9 aromatic carbocycles. The van der Waals surface area contributed by atoms with Gasteiger partial charge in [-0.2, -0.15) is 0 Å². The van der Waals surface area contributed by atoms with Crippen molar-refractivity contribution in [2.45, 2.75) is 0 Å². The SMILES string of the molecule is c1ccc(-c2ccc(-c3nc(-n4c5ccccc5c5c6cc(-n7c8ccccc8c8ccc9ccccc9c87)ccc6ccc54)nc4ccccc34)cc2)cc1. The first-order valence-corrected chi connectivity index (χ1v) is 19.1. The molecule has 4 nitrogen and oxygen atoms in total. The standard InChI is InChI=1S/C52H32N4/c1-2-12-33(13-3-1)34-22-24-37(25-23-34)50-42-17-6-9-19-45(42)53-52(54-50)56-47-21-11-8-18-43(47)49-44-32-38(29-26-36(44)28-31-48(49)56)55-46-20-10-7-16-40(46)41-30-27-35-14-4-5-15-39(35)51(41)55/h1-32H. The third-order valence-corrected chi connectivity index (χ3v) is 11.5. The molecule has 3 aromatic heterocycles. The second-order valence-electron chi connectivity index (χ2n) is 14.6. The van der Waals surface area contributed by atoms with E-state index in [1.54, 1.807) is 0 Å². The van der Waals surface area contributed by atoms with Crippen LogP contribution in [0.1, 0.15) is 0 Å². The Balaban J connectivity index is 1.11. The molecule has 0 atom stereocenters. The van der Waals surface area contributed by atoms with Crippen molar-refractivity contribution in [3.63, 3.8) is 0 Å². The van der Waals surface area contributed by atoms with Gasteiger partial charge in [-0.1, -0.05) is 158 Å². The third kappa shape index (κ3) is 4.53. The summed E-state index contributed by atoms with van der Waals surface area (Å²) < 4.78 is 4.70. The first-order chi connectivity index (χ1) is 27.8. The Kier molecular flexibility index (Phi) is 6.60. The van der Waals surface area contributed by atoms with Crippen molar-refractivity contribution >= 4 is 76.1 Å². The van der Waals surface area contributed by atoms with Crippen LogP contribution in [0.5, 0.6) is 0 Å². The van der Waals surface area contributed by atoms with Gasteiger partial charge in [0.25, 0.3) is 0 Å². The first kappa shape index (κ1) is 30.9. The molecule has 0 aliphatic carbocycles. The zero-order valence-corrected chi connectivity index (χ0v) is 30.3. The second kappa shape index (κ2) is 12.0. The number of nitrogens with zero attached hydrogens (tertiary/aromatic N) is 4. The number of hydrogen-bond donors (Lipinski definition) is 0. The highest BCUT2D eigenvalue weighted by Crippen LogP contribution is 2.41. The van der Waals surface area contributed by atoms with Crippen molar-refractivity contribution < 1.29 is 0 Å². The number of fused-ring (bicyclic) bond motifs is 11. The zero-order chi connectivity index (χ0) is 36.7. The van der Waals surface area contributed by atoms with E-state index in [1.807, 2.05) is 0 Å². The van der Waals surface area contributed by atoms with Gasteiger partial charge in [0.2, 0.25) is 5.95 Å². The lowest BCUT2D eigenvalue weighted by Gasteiger charge is -2.13. The van der Waals surface area contributed by atoms with E-state index in [2.05, 4.69) is 203 Å². The highest BCUT2D eigenvalue weighted by molar-refractivity contribution is 6.22. The van der Waals surface area contributed by atoms with Gasteiger partial charge in [-0.3, -0.25) is 4.57 Å². The van der Waals surface area contributed by atoms with Crippen LogP contribution in [0.2, 0.25) is 0 Å². The summed E-state index contributed by atoms with van der Waals surface area (Å²) in [4.78, 5) is 10.7. The van der Waals surface area contributed by atoms with Crippen molar-refractivity contribution in [2.75, 3.05) is 0 Å². The first-order valence-electron chi connectivity index (χ1n) is 19.1. The minimum atomic E-state index is 0.654. The van der Waals surface area contributed by atoms with Gasteiger partial charge in [-0.15, -0.1) is 0 Å². The molecule has 0 saturated carbocycles. The molecule has 0 N–H and O–H groups in total. The molecule has 12 aromatic rings. The van der Waals surface area contributed by atoms with Crippen LogP contribution in [0.25, 0.3) is 110 Å². The lowest BCUT2D eigenvalue weighted by molar-refractivity contribution is 1.01. The maximum atomic E-state index is 5.40. The fourth-order valence-electron chi connectivity index (χ4n) is 8.96. The van der Waals surface area contributed by atoms with E-state index in [-0.39, 0.29) is 0 Å². The molecule has 260 valence electrons. The summed E-state index contributed by atoms with van der Waals surface area (Å²) in [7, 11) is 0. The molecule has 0 unspecified atom stereocenters. The quantitative estimate of drug-likeness (QED) is 0.182. The summed E-state index contributed by atoms with van der Waals surface area (Å²) in [5.41, 5.74) is 11.0. The van der Waals surface area contributed by atoms with Crippen LogP contribution < -0.4 is 0 Å². The van der Waals surface area contributed by atoms with Crippen molar-refractivity contribution in [3.8, 4) is 34.0 Å². The minimum absolute atomic E-state index is 0.654. The molecule has 56 heavy (non-hydrogen) atoms. The smallest absolute Gasteiger partial charge is 0.235 e. The molecule has 0 aliphatic heterocycles. The Morgan fingerprint density at radius 3 is 1.79 bits per heavy atom. The van der Waals surface area contributed by atoms with Crippen LogP contribution in [0, 0.1) is 0 Å². The van der Waals surface area contributed by atoms with Crippen molar-refractivity contribution in [1.29, 1.82) is 0 Å². The lowest BCUT2D eigenvalue weighted by atomic mass is 10.0. The van der Waals surface area contributed by atoms with Gasteiger partial charge < -0.3 is 4.57 Å². The Labute approximate surface area is 322 Å². The van der Waals surface area contributed by atoms with Gasteiger partial charge in [0, 0.05) is 43.6 Å². The third-order valence-electron chi connectivity index (χ3n) is 11.5. The fourth-order valence-corrected chi connectivity index (χ4v) is 8.96. The average Bonchev–Trinajstić information content (AvgIpc) is 3.80. The van der Waals surface area contributed by atoms with Crippen molar-refractivity contribution in [1.82, 2.24) is 19.1 Å². The summed E-state index contributed by atoms with van der Waals surface area (Å²) in [6.45, 7) is 0. The Morgan fingerprint density at radius 1 is 0.339 bits per heavy atom. The number of benzene rings is 9. The van der Waals surface area contributed by atoms with Crippen molar-refractivity contribution in [3.05, 3.63) is 194 Å². The minimum Gasteiger partial charge on any atom is -0.309 e. The predicted octanol–water partition coefficient (Wildman–Crippen LogP) is 13.5. The highest BCUT2D eigenvalue weighted by Gasteiger charge is 2.20. The highest BCUT2D eigenvalue weighted by atomic mass is 15.2. The van der Waals surface area contributed by atoms with Gasteiger partial charge in [-0.05, 0) is 63.7 Å². The number of hydrogen-bond acceptors (Lipinski definition) is 2. The largest absolute Gasteiger partial charge is 0.309 e. The molecule has 0 fully saturated rings. The fraction of sp³-hybridized carbons (Fsp3) is 0. The van der Waals surface area contributed by atoms with Gasteiger partial charge in [0.15, 0.2) is 0 Å². The van der Waals surface area contributed by atoms with E-state index in [0.29, 0.717) is 5.95 Å². The Hall–Kier alpha value is -7.56. The molecule has 12 rings (SSSR count). The maximum absolute atomic E-state index is 5.40. The van der Waals surface area contributed by atoms with Crippen LogP contribution >= 0.6 is 0 Å². The maximum Gasteiger partial charge on any atom is 0.235 e. The van der Waals surface area contributed by atoms with Gasteiger partial charge in [0.1, 0.15) is 0 Å². The monoisotopic (exact) mass is 712 g/mol. The molecular formula is C52H32N4. The second-order valence-corrected chi connectivity index (χ2v) is 14.6. The van der Waals surface area contributed by atoms with E-state index >= 15 is 0 Å². The van der Waals surface area contributed by atoms with Gasteiger partial charge >= 0.3 is 0 Å². The van der Waals surface area contributed by atoms with E-state index < -0.39 is 0 Å². The van der Waals surface area contributed by atoms with Crippen LogP contribution in [0.15, 0.2) is 194 Å². The molecule has 0 radical (unpaired) electrons. The van der Waals surface area contributed by atoms with Gasteiger partial charge in [-0.25, -0.2) is 9.97 Å². The van der Waals surface area contributed by atoms with Crippen molar-refractivity contribution in [2.24, 2.45) is 0 Å². The predicted molar refractivity (Wildman–Crippen MR) is 234 cm³/mol. The number of rotatable bonds is 4. The molecular weight excluding hydrogens is 681 g/mol. The normalized spacial score (nSPS) is 11.9. The summed E-state index contributed by atoms with van der Waals surface area (Å²) in [5, 5.41) is 10.8. The van der Waals surface area contributed by atoms with Crippen LogP contribution in [-0.4, -0.2) is 19.1 Å². The Morgan fingerprint density at radius 2 is 0.946 bits per heavy atom. The molecule has 0 saturated heterocycles. The summed E-state index contributed by atoms with van der Waals surface area (Å²) >= 11 is 0. The van der Waals surface area contributed by atoms with Gasteiger partial charge in [0.05, 0.1) is 33.3 Å². The van der Waals surface area contributed by atoms with E-state index in [4.69, 9.17) is 9.97 Å². The average molecular weight is 713 g/mol. The number of aromatic nitrogens is 4. The van der Waals surface area contributed by atoms with Crippen LogP contribution in [0.4, 0.5) is 0 Å². The molecule has 4 heteroatoms. The summed E-state index contributed by atoms with van der Waals surface area (Å²) in [6.07, 6.45) is 0. The summed E-state index contributed by atoms with van der Waals surface area (Å²) in [6, 6.07) is 69.6. The Bertz CT molecular complexity index is 3520. The van der Waals surface area contributed by atoms with E-state index in [9.17, 15) is 0 Å². The molecule has 0 bridgehead atoms. The summed E-state index contributed by atoms with van der Waals surface area (Å²) in [5.74, 6) is 0.654. The van der Waals surface area contributed by atoms with Crippen LogP contribution in [-0.2, 0) is 0 Å². The van der Waals surface area contributed by atoms with E-state index in [1.165, 1.54) is 65.3 Å². The topological polar surface area (TPSA) is 35.6 Å². The zero-order valence-electron chi connectivity index (χ0n) is 30.3. The molecule has 3 heterocycles. The van der Waals surface area contributed by atoms with E-state index in [0.717, 1.165) is 38.9 Å². The lowest BCUT2D eigenvalue weighted by Crippen LogP contribution is -2.03. The van der Waals surface area contributed by atoms with Crippen LogP contribution in [0.3, 0.4) is 0 Å². The molecule has 0 aliphatic rings. The number of para-hydroxylation sites is 3. The molecule has 0 spiro atoms. The molecule has 0 amide bonds.